The molecule has 0 aromatic heterocycles. The fraction of sp³-hybridized carbons (Fsp3) is 0.357. The maximum Gasteiger partial charge on any atom is 0.305 e. The minimum Gasteiger partial charge on any atom is -0.469 e. The third kappa shape index (κ3) is 2.67. The van der Waals surface area contributed by atoms with Crippen molar-refractivity contribution >= 4 is 5.97 Å². The van der Waals surface area contributed by atoms with Gasteiger partial charge in [0.15, 0.2) is 0 Å². The van der Waals surface area contributed by atoms with Crippen LogP contribution >= 0.6 is 0 Å². The van der Waals surface area contributed by atoms with E-state index in [0.717, 1.165) is 6.42 Å². The molecule has 0 aromatic rings. The first-order chi connectivity index (χ1) is 8.20. The molecule has 0 amide bonds. The summed E-state index contributed by atoms with van der Waals surface area (Å²) in [5, 5.41) is 0. The van der Waals surface area contributed by atoms with Gasteiger partial charge in [0, 0.05) is 19.7 Å². The number of ether oxygens (including phenoxy) is 1. The Morgan fingerprint density at radius 1 is 1.47 bits per heavy atom. The molecule has 1 aliphatic heterocycles. The summed E-state index contributed by atoms with van der Waals surface area (Å²) in [6, 6.07) is 0.335. The van der Waals surface area contributed by atoms with Crippen LogP contribution in [0, 0.1) is 0 Å². The van der Waals surface area contributed by atoms with Gasteiger partial charge in [-0.3, -0.25) is 4.79 Å². The van der Waals surface area contributed by atoms with Crippen LogP contribution in [0.25, 0.3) is 0 Å². The normalized spacial score (nSPS) is 21.8. The summed E-state index contributed by atoms with van der Waals surface area (Å²) < 4.78 is 4.65. The third-order valence-corrected chi connectivity index (χ3v) is 3.04. The molecule has 0 N–H and O–H groups in total. The molecule has 0 bridgehead atoms. The van der Waals surface area contributed by atoms with E-state index in [0.29, 0.717) is 12.5 Å². The Kier molecular flexibility index (Phi) is 3.47. The van der Waals surface area contributed by atoms with Gasteiger partial charge in [-0.05, 0) is 17.6 Å². The van der Waals surface area contributed by atoms with E-state index in [1.54, 1.807) is 0 Å². The molecule has 0 aromatic carbocycles. The van der Waals surface area contributed by atoms with Crippen molar-refractivity contribution in [2.24, 2.45) is 0 Å². The Balaban J connectivity index is 2.05. The van der Waals surface area contributed by atoms with Gasteiger partial charge in [-0.25, -0.2) is 0 Å². The maximum absolute atomic E-state index is 11.1. The summed E-state index contributed by atoms with van der Waals surface area (Å²) in [7, 11) is 3.48. The predicted octanol–water partition coefficient (Wildman–Crippen LogP) is 2.19. The van der Waals surface area contributed by atoms with Crippen LogP contribution in [0.15, 0.2) is 47.7 Å². The average Bonchev–Trinajstić information content (AvgIpc) is 2.36. The highest BCUT2D eigenvalue weighted by Gasteiger charge is 2.19. The largest absolute Gasteiger partial charge is 0.469 e. The van der Waals surface area contributed by atoms with Gasteiger partial charge >= 0.3 is 5.97 Å². The quantitative estimate of drug-likeness (QED) is 0.697. The number of rotatable bonds is 3. The van der Waals surface area contributed by atoms with Crippen molar-refractivity contribution in [3.05, 3.63) is 47.7 Å². The lowest BCUT2D eigenvalue weighted by Crippen LogP contribution is -2.30. The number of carbonyl (C=O) groups excluding carboxylic acids is 1. The van der Waals surface area contributed by atoms with Crippen LogP contribution in [0.4, 0.5) is 0 Å². The smallest absolute Gasteiger partial charge is 0.305 e. The summed E-state index contributed by atoms with van der Waals surface area (Å²) >= 11 is 0. The lowest BCUT2D eigenvalue weighted by Gasteiger charge is -2.31. The van der Waals surface area contributed by atoms with Crippen LogP contribution in [-0.4, -0.2) is 31.1 Å². The summed E-state index contributed by atoms with van der Waals surface area (Å²) in [5.74, 6) is -0.159. The van der Waals surface area contributed by atoms with Gasteiger partial charge in [-0.15, -0.1) is 0 Å². The van der Waals surface area contributed by atoms with Crippen molar-refractivity contribution in [3.8, 4) is 0 Å². The van der Waals surface area contributed by atoms with E-state index >= 15 is 0 Å². The van der Waals surface area contributed by atoms with E-state index in [2.05, 4.69) is 47.2 Å². The molecule has 2 rings (SSSR count). The number of methoxy groups -OCH3 is 1. The molecule has 0 radical (unpaired) electrons. The number of fused-ring (bicyclic) bond motifs is 1. The molecular weight excluding hydrogens is 214 g/mol. The molecule has 1 heterocycles. The standard InChI is InChI=1S/C14H17NO2/c1-15-10-11(7-8-14(16)17-2)9-12-5-3-4-6-13(12)15/h3-6,9-10,13H,7-8H2,1-2H3. The molecule has 17 heavy (non-hydrogen) atoms. The maximum atomic E-state index is 11.1. The van der Waals surface area contributed by atoms with E-state index < -0.39 is 0 Å². The fourth-order valence-electron chi connectivity index (χ4n) is 2.13. The lowest BCUT2D eigenvalue weighted by atomic mass is 9.94. The molecule has 3 heteroatoms. The summed E-state index contributed by atoms with van der Waals surface area (Å²) in [5.41, 5.74) is 2.45. The van der Waals surface area contributed by atoms with Crippen molar-refractivity contribution in [1.82, 2.24) is 4.90 Å². The van der Waals surface area contributed by atoms with Crippen LogP contribution < -0.4 is 0 Å². The molecule has 0 saturated heterocycles. The SMILES string of the molecule is COC(=O)CCC1=CN(C)C2C=CC=CC2=C1. The minimum atomic E-state index is -0.159. The van der Waals surface area contributed by atoms with E-state index in [9.17, 15) is 4.79 Å². The van der Waals surface area contributed by atoms with Crippen LogP contribution in [0.1, 0.15) is 12.8 Å². The van der Waals surface area contributed by atoms with Crippen molar-refractivity contribution in [1.29, 1.82) is 0 Å². The first-order valence-corrected chi connectivity index (χ1v) is 5.76. The Morgan fingerprint density at radius 2 is 2.29 bits per heavy atom. The zero-order valence-electron chi connectivity index (χ0n) is 10.2. The highest BCUT2D eigenvalue weighted by molar-refractivity contribution is 5.69. The highest BCUT2D eigenvalue weighted by Crippen LogP contribution is 2.25. The Morgan fingerprint density at radius 3 is 3.06 bits per heavy atom. The van der Waals surface area contributed by atoms with E-state index in [4.69, 9.17) is 0 Å². The third-order valence-electron chi connectivity index (χ3n) is 3.04. The number of likely N-dealkylation sites (N-methyl/N-ethyl adjacent to an activating group) is 1. The fourth-order valence-corrected chi connectivity index (χ4v) is 2.13. The second-order valence-corrected chi connectivity index (χ2v) is 4.28. The number of carbonyl (C=O) groups is 1. The topological polar surface area (TPSA) is 29.5 Å². The first kappa shape index (κ1) is 11.7. The van der Waals surface area contributed by atoms with Gasteiger partial charge in [0.05, 0.1) is 13.2 Å². The summed E-state index contributed by atoms with van der Waals surface area (Å²) in [6.45, 7) is 0. The molecule has 1 aliphatic carbocycles. The van der Waals surface area contributed by atoms with Gasteiger partial charge in [0.1, 0.15) is 0 Å². The predicted molar refractivity (Wildman–Crippen MR) is 67.2 cm³/mol. The minimum absolute atomic E-state index is 0.159. The van der Waals surface area contributed by atoms with E-state index in [1.165, 1.54) is 18.3 Å². The molecule has 0 spiro atoms. The highest BCUT2D eigenvalue weighted by atomic mass is 16.5. The number of allylic oxidation sites excluding steroid dienone is 4. The van der Waals surface area contributed by atoms with Crippen molar-refractivity contribution in [3.63, 3.8) is 0 Å². The zero-order valence-corrected chi connectivity index (χ0v) is 10.2. The van der Waals surface area contributed by atoms with Crippen LogP contribution in [0.3, 0.4) is 0 Å². The van der Waals surface area contributed by atoms with Gasteiger partial charge in [-0.1, -0.05) is 30.4 Å². The molecule has 3 nitrogen and oxygen atoms in total. The molecule has 1 atom stereocenters. The van der Waals surface area contributed by atoms with Gasteiger partial charge in [-0.2, -0.15) is 0 Å². The molecule has 2 aliphatic rings. The zero-order chi connectivity index (χ0) is 12.3. The molecule has 0 saturated carbocycles. The van der Waals surface area contributed by atoms with Gasteiger partial charge in [0.25, 0.3) is 0 Å². The van der Waals surface area contributed by atoms with Crippen LogP contribution in [0.5, 0.6) is 0 Å². The van der Waals surface area contributed by atoms with Gasteiger partial charge in [0.2, 0.25) is 0 Å². The lowest BCUT2D eigenvalue weighted by molar-refractivity contribution is -0.140. The van der Waals surface area contributed by atoms with Crippen molar-refractivity contribution in [2.45, 2.75) is 18.9 Å². The van der Waals surface area contributed by atoms with E-state index in [1.807, 2.05) is 6.08 Å². The van der Waals surface area contributed by atoms with Crippen LogP contribution in [-0.2, 0) is 9.53 Å². The summed E-state index contributed by atoms with van der Waals surface area (Å²) in [4.78, 5) is 13.3. The molecule has 1 unspecified atom stereocenters. The second-order valence-electron chi connectivity index (χ2n) is 4.28. The van der Waals surface area contributed by atoms with E-state index in [-0.39, 0.29) is 5.97 Å². The first-order valence-electron chi connectivity index (χ1n) is 5.76. The molecule has 90 valence electrons. The van der Waals surface area contributed by atoms with Crippen molar-refractivity contribution < 1.29 is 9.53 Å². The summed E-state index contributed by atoms with van der Waals surface area (Å²) in [6.07, 6.45) is 13.8. The Bertz CT molecular complexity index is 430. The van der Waals surface area contributed by atoms with Gasteiger partial charge < -0.3 is 9.64 Å². The Labute approximate surface area is 102 Å². The molecule has 0 fully saturated rings. The second kappa shape index (κ2) is 5.04. The average molecular weight is 231 g/mol. The molecular formula is C14H17NO2. The number of hydrogen-bond donors (Lipinski definition) is 0. The monoisotopic (exact) mass is 231 g/mol. The Hall–Kier alpha value is -1.77. The van der Waals surface area contributed by atoms with Crippen LogP contribution in [0.2, 0.25) is 0 Å². The number of nitrogens with zero attached hydrogens (tertiary/aromatic N) is 1. The number of hydrogen-bond acceptors (Lipinski definition) is 3. The van der Waals surface area contributed by atoms with Crippen molar-refractivity contribution in [2.75, 3.05) is 14.2 Å². The number of esters is 1.